The summed E-state index contributed by atoms with van der Waals surface area (Å²) in [5.74, 6) is 1.36. The SMILES string of the molecule is CC(C)N(CCOC(=O)C1(c2ccc3c(c2)OCO3)CCC1)C(C)C.Cl. The summed E-state index contributed by atoms with van der Waals surface area (Å²) >= 11 is 0. The van der Waals surface area contributed by atoms with Gasteiger partial charge in [0.15, 0.2) is 11.5 Å². The molecule has 1 fully saturated rings. The van der Waals surface area contributed by atoms with Gasteiger partial charge in [-0.2, -0.15) is 0 Å². The molecular formula is C20H30ClNO4. The summed E-state index contributed by atoms with van der Waals surface area (Å²) in [6.45, 7) is 10.1. The Morgan fingerprint density at radius 3 is 2.38 bits per heavy atom. The van der Waals surface area contributed by atoms with E-state index in [4.69, 9.17) is 14.2 Å². The molecule has 1 aromatic rings. The minimum absolute atomic E-state index is 0. The van der Waals surface area contributed by atoms with E-state index in [9.17, 15) is 4.79 Å². The molecule has 146 valence electrons. The Labute approximate surface area is 162 Å². The van der Waals surface area contributed by atoms with E-state index in [-0.39, 0.29) is 25.2 Å². The first-order chi connectivity index (χ1) is 11.9. The van der Waals surface area contributed by atoms with Gasteiger partial charge in [0.05, 0.1) is 5.41 Å². The third kappa shape index (κ3) is 3.94. The van der Waals surface area contributed by atoms with Crippen molar-refractivity contribution in [2.75, 3.05) is 19.9 Å². The maximum atomic E-state index is 12.9. The van der Waals surface area contributed by atoms with Crippen LogP contribution in [0, 0.1) is 0 Å². The number of nitrogens with zero attached hydrogens (tertiary/aromatic N) is 1. The highest BCUT2D eigenvalue weighted by molar-refractivity contribution is 5.85. The first-order valence-electron chi connectivity index (χ1n) is 9.27. The number of ether oxygens (including phenoxy) is 3. The predicted octanol–water partition coefficient (Wildman–Crippen LogP) is 3.92. The quantitative estimate of drug-likeness (QED) is 0.668. The van der Waals surface area contributed by atoms with Gasteiger partial charge < -0.3 is 14.2 Å². The van der Waals surface area contributed by atoms with Crippen LogP contribution < -0.4 is 9.47 Å². The van der Waals surface area contributed by atoms with Crippen molar-refractivity contribution in [2.24, 2.45) is 0 Å². The summed E-state index contributed by atoms with van der Waals surface area (Å²) in [5, 5.41) is 0. The number of hydrogen-bond acceptors (Lipinski definition) is 5. The van der Waals surface area contributed by atoms with Crippen molar-refractivity contribution in [2.45, 2.75) is 64.5 Å². The first-order valence-corrected chi connectivity index (χ1v) is 9.27. The van der Waals surface area contributed by atoms with Gasteiger partial charge in [-0.15, -0.1) is 12.4 Å². The molecule has 1 heterocycles. The molecule has 0 bridgehead atoms. The molecule has 3 rings (SSSR count). The monoisotopic (exact) mass is 383 g/mol. The Morgan fingerprint density at radius 1 is 1.15 bits per heavy atom. The van der Waals surface area contributed by atoms with E-state index in [2.05, 4.69) is 32.6 Å². The van der Waals surface area contributed by atoms with Crippen LogP contribution in [0.5, 0.6) is 11.5 Å². The van der Waals surface area contributed by atoms with Gasteiger partial charge in [0.2, 0.25) is 6.79 Å². The zero-order chi connectivity index (χ0) is 18.0. The largest absolute Gasteiger partial charge is 0.464 e. The van der Waals surface area contributed by atoms with Gasteiger partial charge in [-0.1, -0.05) is 12.5 Å². The van der Waals surface area contributed by atoms with Crippen molar-refractivity contribution in [3.63, 3.8) is 0 Å². The van der Waals surface area contributed by atoms with Crippen molar-refractivity contribution >= 4 is 18.4 Å². The van der Waals surface area contributed by atoms with Gasteiger partial charge in [-0.25, -0.2) is 0 Å². The number of benzene rings is 1. The van der Waals surface area contributed by atoms with E-state index in [1.165, 1.54) is 0 Å². The summed E-state index contributed by atoms with van der Waals surface area (Å²) in [7, 11) is 0. The van der Waals surface area contributed by atoms with Crippen molar-refractivity contribution in [1.82, 2.24) is 4.90 Å². The van der Waals surface area contributed by atoms with Crippen LogP contribution in [0.25, 0.3) is 0 Å². The molecule has 0 saturated heterocycles. The van der Waals surface area contributed by atoms with Crippen LogP contribution in [0.4, 0.5) is 0 Å². The van der Waals surface area contributed by atoms with Crippen LogP contribution in [-0.4, -0.2) is 42.9 Å². The van der Waals surface area contributed by atoms with Crippen molar-refractivity contribution in [1.29, 1.82) is 0 Å². The molecule has 1 saturated carbocycles. The van der Waals surface area contributed by atoms with Crippen LogP contribution in [0.15, 0.2) is 18.2 Å². The number of halogens is 1. The summed E-state index contributed by atoms with van der Waals surface area (Å²) in [4.78, 5) is 15.2. The van der Waals surface area contributed by atoms with E-state index in [1.807, 2.05) is 18.2 Å². The van der Waals surface area contributed by atoms with Gasteiger partial charge in [0.25, 0.3) is 0 Å². The fourth-order valence-electron chi connectivity index (χ4n) is 3.83. The third-order valence-electron chi connectivity index (χ3n) is 5.43. The van der Waals surface area contributed by atoms with E-state index in [0.29, 0.717) is 18.7 Å². The molecule has 5 nitrogen and oxygen atoms in total. The molecule has 0 amide bonds. The molecule has 1 aromatic carbocycles. The van der Waals surface area contributed by atoms with E-state index < -0.39 is 5.41 Å². The third-order valence-corrected chi connectivity index (χ3v) is 5.43. The van der Waals surface area contributed by atoms with E-state index >= 15 is 0 Å². The highest BCUT2D eigenvalue weighted by atomic mass is 35.5. The second-order valence-corrected chi connectivity index (χ2v) is 7.56. The Balaban J connectivity index is 0.00000243. The number of carbonyl (C=O) groups is 1. The number of hydrogen-bond donors (Lipinski definition) is 0. The summed E-state index contributed by atoms with van der Waals surface area (Å²) in [6.07, 6.45) is 2.72. The molecule has 26 heavy (non-hydrogen) atoms. The van der Waals surface area contributed by atoms with Crippen molar-refractivity contribution < 1.29 is 19.0 Å². The van der Waals surface area contributed by atoms with Crippen molar-refractivity contribution in [3.05, 3.63) is 23.8 Å². The maximum Gasteiger partial charge on any atom is 0.316 e. The Hall–Kier alpha value is -1.46. The topological polar surface area (TPSA) is 48.0 Å². The van der Waals surface area contributed by atoms with Gasteiger partial charge in [0.1, 0.15) is 6.61 Å². The molecule has 0 spiro atoms. The lowest BCUT2D eigenvalue weighted by Gasteiger charge is -2.40. The normalized spacial score (nSPS) is 17.2. The molecule has 0 aromatic heterocycles. The van der Waals surface area contributed by atoms with Gasteiger partial charge in [-0.3, -0.25) is 9.69 Å². The standard InChI is InChI=1S/C20H29NO4.ClH/c1-14(2)21(15(3)4)10-11-23-19(22)20(8-5-9-20)16-6-7-17-18(12-16)25-13-24-17;/h6-7,12,14-15H,5,8-11,13H2,1-4H3;1H. The average molecular weight is 384 g/mol. The fourth-order valence-corrected chi connectivity index (χ4v) is 3.83. The Morgan fingerprint density at radius 2 is 1.81 bits per heavy atom. The molecule has 1 aliphatic carbocycles. The first kappa shape index (κ1) is 20.8. The molecule has 0 radical (unpaired) electrons. The Bertz CT molecular complexity index is 620. The molecule has 0 unspecified atom stereocenters. The lowest BCUT2D eigenvalue weighted by atomic mass is 9.64. The number of rotatable bonds is 7. The smallest absolute Gasteiger partial charge is 0.316 e. The minimum Gasteiger partial charge on any atom is -0.464 e. The van der Waals surface area contributed by atoms with Crippen LogP contribution in [-0.2, 0) is 14.9 Å². The zero-order valence-electron chi connectivity index (χ0n) is 16.1. The molecule has 0 atom stereocenters. The van der Waals surface area contributed by atoms with E-state index in [1.54, 1.807) is 0 Å². The van der Waals surface area contributed by atoms with Crippen LogP contribution in [0.3, 0.4) is 0 Å². The number of carbonyl (C=O) groups excluding carboxylic acids is 1. The zero-order valence-corrected chi connectivity index (χ0v) is 16.9. The molecule has 2 aliphatic rings. The second-order valence-electron chi connectivity index (χ2n) is 7.56. The minimum atomic E-state index is -0.512. The van der Waals surface area contributed by atoms with Crippen molar-refractivity contribution in [3.8, 4) is 11.5 Å². The van der Waals surface area contributed by atoms with Gasteiger partial charge >= 0.3 is 5.97 Å². The van der Waals surface area contributed by atoms with Gasteiger partial charge in [-0.05, 0) is 58.2 Å². The second kappa shape index (κ2) is 8.49. The molecular weight excluding hydrogens is 354 g/mol. The number of esters is 1. The summed E-state index contributed by atoms with van der Waals surface area (Å²) in [5.41, 5.74) is 0.471. The molecule has 1 aliphatic heterocycles. The van der Waals surface area contributed by atoms with E-state index in [0.717, 1.165) is 42.9 Å². The predicted molar refractivity (Wildman–Crippen MR) is 103 cm³/mol. The van der Waals surface area contributed by atoms with Crippen LogP contribution >= 0.6 is 12.4 Å². The molecule has 6 heteroatoms. The average Bonchev–Trinajstić information content (AvgIpc) is 2.97. The lowest BCUT2D eigenvalue weighted by Crippen LogP contribution is -2.45. The lowest BCUT2D eigenvalue weighted by molar-refractivity contribution is -0.155. The summed E-state index contributed by atoms with van der Waals surface area (Å²) in [6, 6.07) is 6.68. The maximum absolute atomic E-state index is 12.9. The Kier molecular flexibility index (Phi) is 6.80. The molecule has 0 N–H and O–H groups in total. The fraction of sp³-hybridized carbons (Fsp3) is 0.650. The van der Waals surface area contributed by atoms with Gasteiger partial charge in [0, 0.05) is 18.6 Å². The van der Waals surface area contributed by atoms with Crippen LogP contribution in [0.2, 0.25) is 0 Å². The highest BCUT2D eigenvalue weighted by Crippen LogP contribution is 2.47. The highest BCUT2D eigenvalue weighted by Gasteiger charge is 2.47. The van der Waals surface area contributed by atoms with Crippen LogP contribution in [0.1, 0.15) is 52.5 Å². The summed E-state index contributed by atoms with van der Waals surface area (Å²) < 4.78 is 16.5. The number of fused-ring (bicyclic) bond motifs is 1.